The Labute approximate surface area is 99.5 Å². The molecule has 0 fully saturated rings. The lowest BCUT2D eigenvalue weighted by atomic mass is 10.2. The fraction of sp³-hybridized carbons (Fsp3) is 0.0909. The number of halogens is 1. The number of hydrogen-bond acceptors (Lipinski definition) is 5. The molecule has 3 rings (SSSR count). The lowest BCUT2D eigenvalue weighted by Crippen LogP contribution is -1.94. The van der Waals surface area contributed by atoms with E-state index in [2.05, 4.69) is 9.59 Å². The van der Waals surface area contributed by atoms with Crippen LogP contribution in [0.2, 0.25) is 0 Å². The average Bonchev–Trinajstić information content (AvgIpc) is 2.98. The molecule has 1 unspecified atom stereocenters. The number of hydrogen-bond donors (Lipinski definition) is 1. The van der Waals surface area contributed by atoms with Crippen LogP contribution in [0.1, 0.15) is 16.7 Å². The Balaban J connectivity index is 2.10. The number of aliphatic hydroxyl groups is 1. The van der Waals surface area contributed by atoms with Crippen LogP contribution in [0.25, 0.3) is 11.0 Å². The molecule has 3 aromatic rings. The van der Waals surface area contributed by atoms with Gasteiger partial charge in [0.05, 0.1) is 11.1 Å². The number of para-hydroxylation sites is 1. The summed E-state index contributed by atoms with van der Waals surface area (Å²) in [4.78, 5) is 0.560. The molecular formula is C11H7FN2O2S. The van der Waals surface area contributed by atoms with Crippen LogP contribution in [0.15, 0.2) is 34.9 Å². The van der Waals surface area contributed by atoms with E-state index < -0.39 is 11.9 Å². The molecule has 2 aromatic heterocycles. The Morgan fingerprint density at radius 1 is 1.41 bits per heavy atom. The number of rotatable bonds is 2. The summed E-state index contributed by atoms with van der Waals surface area (Å²) in [5, 5.41) is 14.2. The highest BCUT2D eigenvalue weighted by molar-refractivity contribution is 7.05. The van der Waals surface area contributed by atoms with Gasteiger partial charge in [-0.25, -0.2) is 4.39 Å². The molecule has 1 N–H and O–H groups in total. The molecule has 0 saturated heterocycles. The third kappa shape index (κ3) is 1.71. The van der Waals surface area contributed by atoms with Crippen LogP contribution in [0.3, 0.4) is 0 Å². The summed E-state index contributed by atoms with van der Waals surface area (Å²) in [5.74, 6) is -0.153. The molecule has 6 heteroatoms. The van der Waals surface area contributed by atoms with Crippen molar-refractivity contribution >= 4 is 22.5 Å². The highest BCUT2D eigenvalue weighted by Gasteiger charge is 2.18. The highest BCUT2D eigenvalue weighted by Crippen LogP contribution is 2.30. The van der Waals surface area contributed by atoms with Crippen molar-refractivity contribution in [1.29, 1.82) is 0 Å². The molecule has 4 nitrogen and oxygen atoms in total. The van der Waals surface area contributed by atoms with Crippen LogP contribution in [0, 0.1) is 5.82 Å². The standard InChI is InChI=1S/C11H7FN2O2S/c12-7-3-1-2-6-4-8(16-11(6)7)10(15)9-5-13-14-17-9/h1-5,10,15H. The molecule has 0 aliphatic carbocycles. The van der Waals surface area contributed by atoms with Crippen LogP contribution >= 0.6 is 11.5 Å². The van der Waals surface area contributed by atoms with Crippen LogP contribution in [-0.2, 0) is 0 Å². The lowest BCUT2D eigenvalue weighted by Gasteiger charge is -2.01. The maximum absolute atomic E-state index is 13.4. The predicted molar refractivity (Wildman–Crippen MR) is 60.1 cm³/mol. The average molecular weight is 250 g/mol. The van der Waals surface area contributed by atoms with Crippen LogP contribution in [0.5, 0.6) is 0 Å². The second-order valence-corrected chi connectivity index (χ2v) is 4.35. The summed E-state index contributed by atoms with van der Waals surface area (Å²) in [6, 6.07) is 6.25. The molecule has 0 aliphatic heterocycles. The second kappa shape index (κ2) is 3.90. The minimum absolute atomic E-state index is 0.152. The Hall–Kier alpha value is -1.79. The Morgan fingerprint density at radius 2 is 2.29 bits per heavy atom. The van der Waals surface area contributed by atoms with E-state index in [4.69, 9.17) is 4.42 Å². The van der Waals surface area contributed by atoms with Gasteiger partial charge in [-0.3, -0.25) is 0 Å². The van der Waals surface area contributed by atoms with Crippen LogP contribution in [0.4, 0.5) is 4.39 Å². The molecule has 1 atom stereocenters. The van der Waals surface area contributed by atoms with Gasteiger partial charge in [0.25, 0.3) is 0 Å². The summed E-state index contributed by atoms with van der Waals surface area (Å²) < 4.78 is 22.4. The molecule has 0 spiro atoms. The van der Waals surface area contributed by atoms with Crippen molar-refractivity contribution in [1.82, 2.24) is 9.59 Å². The van der Waals surface area contributed by atoms with Gasteiger partial charge in [0.1, 0.15) is 11.9 Å². The maximum Gasteiger partial charge on any atom is 0.170 e. The van der Waals surface area contributed by atoms with E-state index in [9.17, 15) is 9.50 Å². The van der Waals surface area contributed by atoms with Gasteiger partial charge in [-0.1, -0.05) is 16.6 Å². The van der Waals surface area contributed by atoms with Gasteiger partial charge in [0.2, 0.25) is 0 Å². The summed E-state index contributed by atoms with van der Waals surface area (Å²) in [6.45, 7) is 0. The quantitative estimate of drug-likeness (QED) is 0.759. The van der Waals surface area contributed by atoms with Gasteiger partial charge in [-0.15, -0.1) is 5.10 Å². The minimum Gasteiger partial charge on any atom is -0.455 e. The van der Waals surface area contributed by atoms with Gasteiger partial charge in [0.15, 0.2) is 11.4 Å². The first-order valence-electron chi connectivity index (χ1n) is 4.89. The summed E-state index contributed by atoms with van der Waals surface area (Å²) in [7, 11) is 0. The number of fused-ring (bicyclic) bond motifs is 1. The molecule has 0 radical (unpaired) electrons. The first-order chi connectivity index (χ1) is 8.25. The Morgan fingerprint density at radius 3 is 3.00 bits per heavy atom. The molecule has 1 aromatic carbocycles. The molecule has 0 saturated carbocycles. The molecule has 2 heterocycles. The van der Waals surface area contributed by atoms with Crippen LogP contribution in [-0.4, -0.2) is 14.7 Å². The fourth-order valence-electron chi connectivity index (χ4n) is 1.62. The maximum atomic E-state index is 13.4. The van der Waals surface area contributed by atoms with Gasteiger partial charge < -0.3 is 9.52 Å². The van der Waals surface area contributed by atoms with E-state index in [-0.39, 0.29) is 11.3 Å². The van der Waals surface area contributed by atoms with Gasteiger partial charge in [0, 0.05) is 5.39 Å². The zero-order valence-electron chi connectivity index (χ0n) is 8.50. The van der Waals surface area contributed by atoms with Crippen molar-refractivity contribution in [3.63, 3.8) is 0 Å². The normalized spacial score (nSPS) is 13.1. The van der Waals surface area contributed by atoms with E-state index in [0.717, 1.165) is 11.5 Å². The van der Waals surface area contributed by atoms with E-state index in [1.165, 1.54) is 12.3 Å². The number of benzene rings is 1. The van der Waals surface area contributed by atoms with Gasteiger partial charge >= 0.3 is 0 Å². The summed E-state index contributed by atoms with van der Waals surface area (Å²) in [5.41, 5.74) is 0.152. The smallest absolute Gasteiger partial charge is 0.170 e. The number of aliphatic hydroxyl groups excluding tert-OH is 1. The third-order valence-electron chi connectivity index (χ3n) is 2.43. The van der Waals surface area contributed by atoms with Crippen molar-refractivity contribution in [2.24, 2.45) is 0 Å². The van der Waals surface area contributed by atoms with Gasteiger partial charge in [-0.2, -0.15) is 0 Å². The number of furan rings is 1. The first kappa shape index (κ1) is 10.4. The molecule has 0 aliphatic rings. The van der Waals surface area contributed by atoms with Crippen LogP contribution < -0.4 is 0 Å². The Kier molecular flexibility index (Phi) is 2.38. The molecule has 86 valence electrons. The van der Waals surface area contributed by atoms with E-state index in [1.54, 1.807) is 18.2 Å². The van der Waals surface area contributed by atoms with Gasteiger partial charge in [-0.05, 0) is 23.7 Å². The predicted octanol–water partition coefficient (Wildman–Crippen LogP) is 2.51. The molecule has 17 heavy (non-hydrogen) atoms. The lowest BCUT2D eigenvalue weighted by molar-refractivity contribution is 0.195. The van der Waals surface area contributed by atoms with Crippen molar-refractivity contribution in [3.05, 3.63) is 46.9 Å². The third-order valence-corrected chi connectivity index (χ3v) is 3.15. The van der Waals surface area contributed by atoms with Crippen molar-refractivity contribution < 1.29 is 13.9 Å². The summed E-state index contributed by atoms with van der Waals surface area (Å²) >= 11 is 1.08. The summed E-state index contributed by atoms with van der Waals surface area (Å²) in [6.07, 6.45) is 0.501. The van der Waals surface area contributed by atoms with E-state index in [1.807, 2.05) is 0 Å². The minimum atomic E-state index is -0.957. The fourth-order valence-corrected chi connectivity index (χ4v) is 2.12. The largest absolute Gasteiger partial charge is 0.455 e. The number of nitrogens with zero attached hydrogens (tertiary/aromatic N) is 2. The molecular weight excluding hydrogens is 243 g/mol. The van der Waals surface area contributed by atoms with Crippen molar-refractivity contribution in [2.45, 2.75) is 6.10 Å². The topological polar surface area (TPSA) is 59.2 Å². The Bertz CT molecular complexity index is 651. The SMILES string of the molecule is OC(c1cc2cccc(F)c2o1)c1cnns1. The first-order valence-corrected chi connectivity index (χ1v) is 5.66. The van der Waals surface area contributed by atoms with Crippen molar-refractivity contribution in [2.75, 3.05) is 0 Å². The highest BCUT2D eigenvalue weighted by atomic mass is 32.1. The number of aromatic nitrogens is 2. The molecule has 0 bridgehead atoms. The zero-order chi connectivity index (χ0) is 11.8. The molecule has 0 amide bonds. The van der Waals surface area contributed by atoms with Crippen molar-refractivity contribution in [3.8, 4) is 0 Å². The second-order valence-electron chi connectivity index (χ2n) is 3.53. The zero-order valence-corrected chi connectivity index (χ0v) is 9.32. The van der Waals surface area contributed by atoms with E-state index >= 15 is 0 Å². The monoisotopic (exact) mass is 250 g/mol. The van der Waals surface area contributed by atoms with E-state index in [0.29, 0.717) is 10.3 Å².